The maximum absolute atomic E-state index is 12.5. The number of rotatable bonds is 6. The lowest BCUT2D eigenvalue weighted by Gasteiger charge is -2.10. The number of ketones is 1. The van der Waals surface area contributed by atoms with E-state index in [0.717, 1.165) is 0 Å². The molecule has 0 saturated heterocycles. The van der Waals surface area contributed by atoms with Crippen LogP contribution in [0.4, 0.5) is 5.69 Å². The normalized spacial score (nSPS) is 11.0. The van der Waals surface area contributed by atoms with Crippen molar-refractivity contribution in [1.82, 2.24) is 0 Å². The fraction of sp³-hybridized carbons (Fsp3) is 0. The highest BCUT2D eigenvalue weighted by molar-refractivity contribution is 7.92. The number of aromatic carboxylic acids is 1. The molecule has 0 amide bonds. The highest BCUT2D eigenvalue weighted by Gasteiger charge is 2.22. The van der Waals surface area contributed by atoms with Crippen molar-refractivity contribution in [3.8, 4) is 0 Å². The summed E-state index contributed by atoms with van der Waals surface area (Å²) in [5.74, 6) is -1.51. The molecule has 0 radical (unpaired) electrons. The van der Waals surface area contributed by atoms with Crippen LogP contribution < -0.4 is 4.72 Å². The quantitative estimate of drug-likeness (QED) is 0.637. The lowest BCUT2D eigenvalue weighted by atomic mass is 10.0. The van der Waals surface area contributed by atoms with Crippen LogP contribution in [0.15, 0.2) is 83.8 Å². The number of carbonyl (C=O) groups is 2. The van der Waals surface area contributed by atoms with Gasteiger partial charge >= 0.3 is 5.97 Å². The van der Waals surface area contributed by atoms with Crippen molar-refractivity contribution in [3.05, 3.63) is 95.6 Å². The van der Waals surface area contributed by atoms with Gasteiger partial charge in [0.2, 0.25) is 0 Å². The fourth-order valence-electron chi connectivity index (χ4n) is 2.53. The summed E-state index contributed by atoms with van der Waals surface area (Å²) in [4.78, 5) is 23.3. The monoisotopic (exact) mass is 381 g/mol. The van der Waals surface area contributed by atoms with E-state index in [9.17, 15) is 23.1 Å². The third-order valence-electron chi connectivity index (χ3n) is 3.84. The van der Waals surface area contributed by atoms with Gasteiger partial charge in [-0.15, -0.1) is 0 Å². The van der Waals surface area contributed by atoms with E-state index < -0.39 is 16.0 Å². The van der Waals surface area contributed by atoms with E-state index in [1.165, 1.54) is 48.5 Å². The number of carboxylic acid groups (broad SMARTS) is 1. The predicted molar refractivity (Wildman–Crippen MR) is 101 cm³/mol. The Morgan fingerprint density at radius 1 is 0.741 bits per heavy atom. The number of sulfonamides is 1. The number of benzene rings is 3. The highest BCUT2D eigenvalue weighted by Crippen LogP contribution is 2.21. The largest absolute Gasteiger partial charge is 0.478 e. The van der Waals surface area contributed by atoms with Gasteiger partial charge in [0.15, 0.2) is 5.78 Å². The van der Waals surface area contributed by atoms with Gasteiger partial charge in [-0.25, -0.2) is 13.2 Å². The van der Waals surface area contributed by atoms with Gasteiger partial charge in [0.25, 0.3) is 10.0 Å². The minimum Gasteiger partial charge on any atom is -0.478 e. The zero-order valence-electron chi connectivity index (χ0n) is 14.0. The molecule has 0 fully saturated rings. The zero-order valence-corrected chi connectivity index (χ0v) is 14.8. The lowest BCUT2D eigenvalue weighted by Crippen LogP contribution is -2.16. The number of nitrogens with one attached hydrogen (secondary N) is 1. The molecule has 0 aromatic heterocycles. The molecule has 0 spiro atoms. The van der Waals surface area contributed by atoms with Gasteiger partial charge in [0.05, 0.1) is 5.56 Å². The van der Waals surface area contributed by atoms with E-state index in [4.69, 9.17) is 0 Å². The number of hydrogen-bond acceptors (Lipinski definition) is 4. The summed E-state index contributed by atoms with van der Waals surface area (Å²) in [5.41, 5.74) is 0.844. The fourth-order valence-corrected chi connectivity index (χ4v) is 3.79. The lowest BCUT2D eigenvalue weighted by molar-refractivity contribution is 0.0692. The summed E-state index contributed by atoms with van der Waals surface area (Å²) in [6, 6.07) is 20.0. The Labute approximate surface area is 156 Å². The van der Waals surface area contributed by atoms with Gasteiger partial charge in [0.1, 0.15) is 4.90 Å². The van der Waals surface area contributed by atoms with Gasteiger partial charge in [-0.2, -0.15) is 0 Å². The van der Waals surface area contributed by atoms with Gasteiger partial charge in [-0.05, 0) is 36.4 Å². The van der Waals surface area contributed by atoms with Crippen LogP contribution in [0.3, 0.4) is 0 Å². The second-order valence-corrected chi connectivity index (χ2v) is 7.33. The first kappa shape index (κ1) is 18.3. The first-order valence-corrected chi connectivity index (χ1v) is 9.42. The van der Waals surface area contributed by atoms with Crippen molar-refractivity contribution in [3.63, 3.8) is 0 Å². The van der Waals surface area contributed by atoms with Gasteiger partial charge in [-0.1, -0.05) is 42.5 Å². The van der Waals surface area contributed by atoms with Crippen molar-refractivity contribution >= 4 is 27.5 Å². The highest BCUT2D eigenvalue weighted by atomic mass is 32.2. The minimum absolute atomic E-state index is 0.179. The van der Waals surface area contributed by atoms with Crippen LogP contribution in [0, 0.1) is 0 Å². The number of carboxylic acids is 1. The molecule has 7 heteroatoms. The molecule has 0 unspecified atom stereocenters. The molecule has 0 atom stereocenters. The van der Waals surface area contributed by atoms with E-state index in [2.05, 4.69) is 4.72 Å². The summed E-state index contributed by atoms with van der Waals surface area (Å²) in [6.45, 7) is 0. The molecule has 0 aliphatic rings. The van der Waals surface area contributed by atoms with Crippen molar-refractivity contribution < 1.29 is 23.1 Å². The SMILES string of the molecule is O=C(c1ccccc1)c1ccc(NS(=O)(=O)c2ccccc2C(=O)O)cc1. The molecule has 0 aliphatic heterocycles. The van der Waals surface area contributed by atoms with E-state index in [-0.39, 0.29) is 21.9 Å². The maximum Gasteiger partial charge on any atom is 0.337 e. The minimum atomic E-state index is -4.09. The summed E-state index contributed by atoms with van der Waals surface area (Å²) in [7, 11) is -4.09. The number of carbonyl (C=O) groups excluding carboxylic acids is 1. The Bertz CT molecular complexity index is 1090. The van der Waals surface area contributed by atoms with Crippen LogP contribution in [0.2, 0.25) is 0 Å². The van der Waals surface area contributed by atoms with E-state index in [1.807, 2.05) is 6.07 Å². The van der Waals surface area contributed by atoms with Crippen LogP contribution in [0.1, 0.15) is 26.3 Å². The molecule has 2 N–H and O–H groups in total. The molecular weight excluding hydrogens is 366 g/mol. The topological polar surface area (TPSA) is 101 Å². The number of anilines is 1. The Morgan fingerprint density at radius 3 is 1.93 bits per heavy atom. The van der Waals surface area contributed by atoms with Crippen LogP contribution >= 0.6 is 0 Å². The molecule has 0 bridgehead atoms. The number of hydrogen-bond donors (Lipinski definition) is 2. The average molecular weight is 381 g/mol. The second-order valence-electron chi connectivity index (χ2n) is 5.68. The van der Waals surface area contributed by atoms with Crippen molar-refractivity contribution in [1.29, 1.82) is 0 Å². The van der Waals surface area contributed by atoms with Crippen molar-refractivity contribution in [2.75, 3.05) is 4.72 Å². The van der Waals surface area contributed by atoms with Crippen LogP contribution in [0.5, 0.6) is 0 Å². The predicted octanol–water partition coefficient (Wildman–Crippen LogP) is 3.42. The van der Waals surface area contributed by atoms with Gasteiger partial charge in [-0.3, -0.25) is 9.52 Å². The van der Waals surface area contributed by atoms with Gasteiger partial charge < -0.3 is 5.11 Å². The second kappa shape index (κ2) is 7.43. The van der Waals surface area contributed by atoms with Crippen molar-refractivity contribution in [2.45, 2.75) is 4.90 Å². The van der Waals surface area contributed by atoms with Crippen LogP contribution in [0.25, 0.3) is 0 Å². The summed E-state index contributed by atoms with van der Waals surface area (Å²) < 4.78 is 27.4. The molecule has 3 rings (SSSR count). The molecule has 0 heterocycles. The maximum atomic E-state index is 12.5. The summed E-state index contributed by atoms with van der Waals surface area (Å²) >= 11 is 0. The zero-order chi connectivity index (χ0) is 19.4. The first-order valence-electron chi connectivity index (χ1n) is 7.93. The molecule has 27 heavy (non-hydrogen) atoms. The standard InChI is InChI=1S/C20H15NO5S/c22-19(14-6-2-1-3-7-14)15-10-12-16(13-11-15)21-27(25,26)18-9-5-4-8-17(18)20(23)24/h1-13,21H,(H,23,24). The molecule has 3 aromatic rings. The third kappa shape index (κ3) is 4.04. The van der Waals surface area contributed by atoms with Crippen LogP contribution in [-0.4, -0.2) is 25.3 Å². The third-order valence-corrected chi connectivity index (χ3v) is 5.28. The molecule has 136 valence electrons. The van der Waals surface area contributed by atoms with E-state index >= 15 is 0 Å². The molecule has 6 nitrogen and oxygen atoms in total. The summed E-state index contributed by atoms with van der Waals surface area (Å²) in [5, 5.41) is 9.17. The molecular formula is C20H15NO5S. The van der Waals surface area contributed by atoms with Crippen molar-refractivity contribution in [2.24, 2.45) is 0 Å². The first-order chi connectivity index (χ1) is 12.9. The van der Waals surface area contributed by atoms with E-state index in [0.29, 0.717) is 11.1 Å². The average Bonchev–Trinajstić information content (AvgIpc) is 2.68. The molecule has 3 aromatic carbocycles. The Hall–Kier alpha value is -3.45. The Balaban J connectivity index is 1.85. The molecule has 0 aliphatic carbocycles. The molecule has 0 saturated carbocycles. The smallest absolute Gasteiger partial charge is 0.337 e. The Morgan fingerprint density at radius 2 is 1.30 bits per heavy atom. The Kier molecular flexibility index (Phi) is 5.05. The van der Waals surface area contributed by atoms with Gasteiger partial charge in [0, 0.05) is 16.8 Å². The van der Waals surface area contributed by atoms with E-state index in [1.54, 1.807) is 24.3 Å². The van der Waals surface area contributed by atoms with Crippen LogP contribution in [-0.2, 0) is 10.0 Å². The summed E-state index contributed by atoms with van der Waals surface area (Å²) in [6.07, 6.45) is 0.